The van der Waals surface area contributed by atoms with Crippen LogP contribution in [-0.2, 0) is 4.79 Å². The van der Waals surface area contributed by atoms with Gasteiger partial charge in [-0.25, -0.2) is 0 Å². The Kier molecular flexibility index (Phi) is 4.87. The highest BCUT2D eigenvalue weighted by Gasteiger charge is 2.17. The van der Waals surface area contributed by atoms with Crippen molar-refractivity contribution in [3.63, 3.8) is 0 Å². The maximum Gasteiger partial charge on any atom is 0.387 e. The van der Waals surface area contributed by atoms with E-state index in [1.54, 1.807) is 26.0 Å². The van der Waals surface area contributed by atoms with Crippen LogP contribution in [0.15, 0.2) is 18.2 Å². The summed E-state index contributed by atoms with van der Waals surface area (Å²) >= 11 is 0. The highest BCUT2D eigenvalue weighted by Crippen LogP contribution is 2.36. The molecule has 0 saturated carbocycles. The van der Waals surface area contributed by atoms with E-state index in [4.69, 9.17) is 4.74 Å². The van der Waals surface area contributed by atoms with Gasteiger partial charge < -0.3 is 14.3 Å². The average molecular weight is 244 g/mol. The van der Waals surface area contributed by atoms with Gasteiger partial charge in [0.1, 0.15) is 6.29 Å². The molecule has 1 atom stereocenters. The Morgan fingerprint density at radius 3 is 2.65 bits per heavy atom. The first-order valence-electron chi connectivity index (χ1n) is 5.26. The predicted octanol–water partition coefficient (Wildman–Crippen LogP) is 2.99. The number of rotatable bonds is 6. The first-order valence-corrected chi connectivity index (χ1v) is 5.26. The summed E-state index contributed by atoms with van der Waals surface area (Å²) in [5, 5.41) is 0. The summed E-state index contributed by atoms with van der Waals surface area (Å²) in [6.07, 6.45) is 0.726. The van der Waals surface area contributed by atoms with E-state index in [-0.39, 0.29) is 11.5 Å². The molecule has 0 heterocycles. The molecular weight excluding hydrogens is 230 g/mol. The Hall–Kier alpha value is -1.65. The van der Waals surface area contributed by atoms with E-state index in [0.717, 1.165) is 6.29 Å². The molecule has 1 rings (SSSR count). The summed E-state index contributed by atoms with van der Waals surface area (Å²) in [6.45, 7) is 0.782. The van der Waals surface area contributed by atoms with Crippen molar-refractivity contribution in [2.75, 3.05) is 6.61 Å². The van der Waals surface area contributed by atoms with E-state index in [9.17, 15) is 13.6 Å². The first kappa shape index (κ1) is 13.4. The lowest BCUT2D eigenvalue weighted by Gasteiger charge is -2.16. The number of alkyl halides is 2. The second kappa shape index (κ2) is 6.18. The number of hydrogen-bond acceptors (Lipinski definition) is 3. The molecule has 94 valence electrons. The molecule has 0 fully saturated rings. The van der Waals surface area contributed by atoms with Crippen LogP contribution in [0.5, 0.6) is 11.5 Å². The molecule has 1 aromatic carbocycles. The maximum absolute atomic E-state index is 12.2. The zero-order valence-electron chi connectivity index (χ0n) is 9.65. The fourth-order valence-electron chi connectivity index (χ4n) is 1.45. The minimum atomic E-state index is -2.92. The Morgan fingerprint density at radius 2 is 2.12 bits per heavy atom. The smallest absolute Gasteiger partial charge is 0.387 e. The van der Waals surface area contributed by atoms with Crippen molar-refractivity contribution in [2.45, 2.75) is 26.4 Å². The quantitative estimate of drug-likeness (QED) is 0.721. The highest BCUT2D eigenvalue weighted by molar-refractivity contribution is 5.65. The van der Waals surface area contributed by atoms with Crippen LogP contribution in [0.1, 0.15) is 25.3 Å². The second-order valence-electron chi connectivity index (χ2n) is 3.41. The number of benzene rings is 1. The standard InChI is InChI=1S/C12H14F2O3/c1-3-16-11-9(8(2)7-15)5-4-6-10(11)17-12(13)14/h4-8,12H,3H2,1-2H3. The van der Waals surface area contributed by atoms with Crippen LogP contribution in [-0.4, -0.2) is 19.5 Å². The molecule has 0 aromatic heterocycles. The van der Waals surface area contributed by atoms with Crippen molar-refractivity contribution in [1.29, 1.82) is 0 Å². The monoisotopic (exact) mass is 244 g/mol. The predicted molar refractivity (Wildman–Crippen MR) is 58.7 cm³/mol. The van der Waals surface area contributed by atoms with Crippen LogP contribution in [0, 0.1) is 0 Å². The minimum Gasteiger partial charge on any atom is -0.490 e. The molecule has 0 radical (unpaired) electrons. The third-order valence-electron chi connectivity index (χ3n) is 2.21. The number of hydrogen-bond donors (Lipinski definition) is 0. The van der Waals surface area contributed by atoms with Gasteiger partial charge in [0.2, 0.25) is 0 Å². The molecule has 5 heteroatoms. The first-order chi connectivity index (χ1) is 8.10. The highest BCUT2D eigenvalue weighted by atomic mass is 19.3. The van der Waals surface area contributed by atoms with Crippen LogP contribution in [0.4, 0.5) is 8.78 Å². The van der Waals surface area contributed by atoms with Gasteiger partial charge >= 0.3 is 6.61 Å². The second-order valence-corrected chi connectivity index (χ2v) is 3.41. The Bertz CT molecular complexity index is 380. The van der Waals surface area contributed by atoms with Gasteiger partial charge in [-0.05, 0) is 13.0 Å². The number of carbonyl (C=O) groups is 1. The van der Waals surface area contributed by atoms with E-state index in [1.807, 2.05) is 0 Å². The summed E-state index contributed by atoms with van der Waals surface area (Å²) in [5.41, 5.74) is 0.542. The topological polar surface area (TPSA) is 35.5 Å². The van der Waals surface area contributed by atoms with Gasteiger partial charge in [0.05, 0.1) is 6.61 Å². The van der Waals surface area contributed by atoms with Crippen molar-refractivity contribution in [3.05, 3.63) is 23.8 Å². The van der Waals surface area contributed by atoms with Crippen LogP contribution in [0.2, 0.25) is 0 Å². The third kappa shape index (κ3) is 3.41. The van der Waals surface area contributed by atoms with Crippen LogP contribution < -0.4 is 9.47 Å². The van der Waals surface area contributed by atoms with Gasteiger partial charge in [-0.1, -0.05) is 19.1 Å². The molecule has 0 aliphatic rings. The molecule has 0 bridgehead atoms. The van der Waals surface area contributed by atoms with Gasteiger partial charge in [-0.2, -0.15) is 8.78 Å². The Labute approximate surface area is 98.3 Å². The number of para-hydroxylation sites is 1. The van der Waals surface area contributed by atoms with E-state index in [2.05, 4.69) is 4.74 Å². The summed E-state index contributed by atoms with van der Waals surface area (Å²) in [5.74, 6) is -0.277. The molecule has 0 spiro atoms. The summed E-state index contributed by atoms with van der Waals surface area (Å²) in [6, 6.07) is 4.59. The van der Waals surface area contributed by atoms with E-state index < -0.39 is 12.5 Å². The van der Waals surface area contributed by atoms with Crippen molar-refractivity contribution >= 4 is 6.29 Å². The van der Waals surface area contributed by atoms with Crippen LogP contribution in [0.3, 0.4) is 0 Å². The molecule has 3 nitrogen and oxygen atoms in total. The molecule has 0 saturated heterocycles. The van der Waals surface area contributed by atoms with Gasteiger partial charge in [-0.3, -0.25) is 0 Å². The van der Waals surface area contributed by atoms with E-state index >= 15 is 0 Å². The molecule has 0 aliphatic heterocycles. The minimum absolute atomic E-state index is 0.0481. The number of ether oxygens (including phenoxy) is 2. The molecular formula is C12H14F2O3. The molecule has 1 unspecified atom stereocenters. The average Bonchev–Trinajstić information content (AvgIpc) is 2.30. The molecule has 17 heavy (non-hydrogen) atoms. The normalized spacial score (nSPS) is 12.3. The van der Waals surface area contributed by atoms with E-state index in [0.29, 0.717) is 12.2 Å². The molecule has 0 aliphatic carbocycles. The van der Waals surface area contributed by atoms with Crippen LogP contribution >= 0.6 is 0 Å². The summed E-state index contributed by atoms with van der Waals surface area (Å²) < 4.78 is 34.1. The fourth-order valence-corrected chi connectivity index (χ4v) is 1.45. The van der Waals surface area contributed by atoms with Gasteiger partial charge in [0.15, 0.2) is 11.5 Å². The lowest BCUT2D eigenvalue weighted by atomic mass is 10.0. The molecule has 1 aromatic rings. The Balaban J connectivity index is 3.16. The van der Waals surface area contributed by atoms with Crippen molar-refractivity contribution in [2.24, 2.45) is 0 Å². The maximum atomic E-state index is 12.2. The van der Waals surface area contributed by atoms with E-state index in [1.165, 1.54) is 6.07 Å². The van der Waals surface area contributed by atoms with Gasteiger partial charge in [-0.15, -0.1) is 0 Å². The van der Waals surface area contributed by atoms with Gasteiger partial charge in [0.25, 0.3) is 0 Å². The lowest BCUT2D eigenvalue weighted by Crippen LogP contribution is -2.07. The zero-order valence-corrected chi connectivity index (χ0v) is 9.65. The number of carbonyl (C=O) groups excluding carboxylic acids is 1. The van der Waals surface area contributed by atoms with Crippen molar-refractivity contribution in [1.82, 2.24) is 0 Å². The third-order valence-corrected chi connectivity index (χ3v) is 2.21. The molecule has 0 N–H and O–H groups in total. The largest absolute Gasteiger partial charge is 0.490 e. The summed E-state index contributed by atoms with van der Waals surface area (Å²) in [7, 11) is 0. The SMILES string of the molecule is CCOc1c(OC(F)F)cccc1C(C)C=O. The van der Waals surface area contributed by atoms with Crippen molar-refractivity contribution in [3.8, 4) is 11.5 Å². The Morgan fingerprint density at radius 1 is 1.41 bits per heavy atom. The van der Waals surface area contributed by atoms with Gasteiger partial charge in [0, 0.05) is 11.5 Å². The summed E-state index contributed by atoms with van der Waals surface area (Å²) in [4.78, 5) is 10.8. The number of halogens is 2. The molecule has 0 amide bonds. The lowest BCUT2D eigenvalue weighted by molar-refractivity contribution is -0.108. The number of aldehydes is 1. The zero-order chi connectivity index (χ0) is 12.8. The fraction of sp³-hybridized carbons (Fsp3) is 0.417. The van der Waals surface area contributed by atoms with Crippen molar-refractivity contribution < 1.29 is 23.0 Å². The van der Waals surface area contributed by atoms with Crippen LogP contribution in [0.25, 0.3) is 0 Å².